The molecule has 0 fully saturated rings. The van der Waals surface area contributed by atoms with E-state index < -0.39 is 0 Å². The molecule has 28 heavy (non-hydrogen) atoms. The second-order valence-corrected chi connectivity index (χ2v) is 6.29. The molecule has 0 unspecified atom stereocenters. The fraction of sp³-hybridized carbons (Fsp3) is 0.261. The minimum absolute atomic E-state index is 0.681. The van der Waals surface area contributed by atoms with E-state index in [4.69, 9.17) is 9.47 Å². The zero-order valence-electron chi connectivity index (χ0n) is 16.4. The Morgan fingerprint density at radius 3 is 1.68 bits per heavy atom. The van der Waals surface area contributed by atoms with Gasteiger partial charge in [0.15, 0.2) is 0 Å². The molecule has 0 aliphatic heterocycles. The number of nitrogens with one attached hydrogen (secondary N) is 2. The molecule has 2 aromatic carbocycles. The first-order chi connectivity index (χ1) is 13.8. The third-order valence-electron chi connectivity index (χ3n) is 4.20. The van der Waals surface area contributed by atoms with Crippen LogP contribution in [0.15, 0.2) is 66.9 Å². The van der Waals surface area contributed by atoms with Crippen molar-refractivity contribution in [2.75, 3.05) is 23.8 Å². The first-order valence-corrected chi connectivity index (χ1v) is 9.64. The highest BCUT2D eigenvalue weighted by molar-refractivity contribution is 5.48. The molecule has 0 radical (unpaired) electrons. The lowest BCUT2D eigenvalue weighted by atomic mass is 10.2. The van der Waals surface area contributed by atoms with Crippen molar-refractivity contribution in [3.05, 3.63) is 78.0 Å². The smallest absolute Gasteiger partial charge is 0.126 e. The molecule has 0 saturated carbocycles. The maximum absolute atomic E-state index is 5.46. The third kappa shape index (κ3) is 5.91. The molecule has 0 bridgehead atoms. The van der Waals surface area contributed by atoms with Crippen molar-refractivity contribution in [2.45, 2.75) is 26.9 Å². The molecule has 0 atom stereocenters. The number of aromatic nitrogens is 1. The van der Waals surface area contributed by atoms with Crippen LogP contribution in [0.5, 0.6) is 11.5 Å². The van der Waals surface area contributed by atoms with Gasteiger partial charge in [-0.2, -0.15) is 0 Å². The van der Waals surface area contributed by atoms with Crippen molar-refractivity contribution in [3.8, 4) is 11.5 Å². The number of benzene rings is 2. The standard InChI is InChI=1S/C23H27N3O2/c1-3-27-21-10-5-18(6-11-21)15-24-20-9-14-23(26-17-20)25-16-19-7-12-22(13-8-19)28-4-2/h5-14,17,24H,3-4,15-16H2,1-2H3,(H,25,26). The zero-order chi connectivity index (χ0) is 19.6. The van der Waals surface area contributed by atoms with Gasteiger partial charge >= 0.3 is 0 Å². The van der Waals surface area contributed by atoms with Crippen LogP contribution in [0.4, 0.5) is 11.5 Å². The van der Waals surface area contributed by atoms with Crippen molar-refractivity contribution in [3.63, 3.8) is 0 Å². The normalized spacial score (nSPS) is 10.4. The Bertz CT molecular complexity index is 759. The summed E-state index contributed by atoms with van der Waals surface area (Å²) in [6.07, 6.45) is 1.84. The maximum Gasteiger partial charge on any atom is 0.126 e. The number of pyridine rings is 1. The largest absolute Gasteiger partial charge is 0.494 e. The van der Waals surface area contributed by atoms with Crippen LogP contribution in [0.3, 0.4) is 0 Å². The van der Waals surface area contributed by atoms with E-state index in [2.05, 4.69) is 39.9 Å². The first kappa shape index (κ1) is 19.5. The number of rotatable bonds is 10. The van der Waals surface area contributed by atoms with Crippen LogP contribution in [0.25, 0.3) is 0 Å². The lowest BCUT2D eigenvalue weighted by Gasteiger charge is -2.10. The highest BCUT2D eigenvalue weighted by atomic mass is 16.5. The summed E-state index contributed by atoms with van der Waals surface area (Å²) >= 11 is 0. The van der Waals surface area contributed by atoms with E-state index in [1.165, 1.54) is 11.1 Å². The summed E-state index contributed by atoms with van der Waals surface area (Å²) in [5, 5.41) is 6.72. The van der Waals surface area contributed by atoms with E-state index >= 15 is 0 Å². The predicted molar refractivity (Wildman–Crippen MR) is 114 cm³/mol. The maximum atomic E-state index is 5.46. The number of anilines is 2. The quantitative estimate of drug-likeness (QED) is 0.515. The summed E-state index contributed by atoms with van der Waals surface area (Å²) in [6.45, 7) is 6.80. The average Bonchev–Trinajstić information content (AvgIpc) is 2.74. The lowest BCUT2D eigenvalue weighted by Crippen LogP contribution is -2.03. The summed E-state index contributed by atoms with van der Waals surface area (Å²) in [7, 11) is 0. The van der Waals surface area contributed by atoms with Crippen LogP contribution >= 0.6 is 0 Å². The monoisotopic (exact) mass is 377 g/mol. The molecule has 5 heteroatoms. The van der Waals surface area contributed by atoms with E-state index in [0.29, 0.717) is 13.2 Å². The van der Waals surface area contributed by atoms with Gasteiger partial charge in [-0.25, -0.2) is 4.98 Å². The van der Waals surface area contributed by atoms with Crippen LogP contribution < -0.4 is 20.1 Å². The zero-order valence-corrected chi connectivity index (χ0v) is 16.4. The van der Waals surface area contributed by atoms with Crippen LogP contribution in [-0.2, 0) is 13.1 Å². The molecule has 0 aliphatic carbocycles. The summed E-state index contributed by atoms with van der Waals surface area (Å²) in [6, 6.07) is 20.2. The number of hydrogen-bond acceptors (Lipinski definition) is 5. The van der Waals surface area contributed by atoms with Gasteiger partial charge in [-0.15, -0.1) is 0 Å². The molecule has 3 aromatic rings. The Morgan fingerprint density at radius 1 is 0.679 bits per heavy atom. The molecule has 0 spiro atoms. The molecule has 0 saturated heterocycles. The van der Waals surface area contributed by atoms with Crippen LogP contribution in [0, 0.1) is 0 Å². The number of ether oxygens (including phenoxy) is 2. The van der Waals surface area contributed by atoms with Gasteiger partial charge < -0.3 is 20.1 Å². The Morgan fingerprint density at radius 2 is 1.21 bits per heavy atom. The Labute approximate surface area is 166 Å². The fourth-order valence-electron chi connectivity index (χ4n) is 2.74. The SMILES string of the molecule is CCOc1ccc(CNc2ccc(NCc3ccc(OCC)cc3)nc2)cc1. The molecule has 1 heterocycles. The molecule has 5 nitrogen and oxygen atoms in total. The van der Waals surface area contributed by atoms with Crippen LogP contribution in [-0.4, -0.2) is 18.2 Å². The van der Waals surface area contributed by atoms with Gasteiger partial charge in [0.25, 0.3) is 0 Å². The molecule has 3 rings (SSSR count). The highest BCUT2D eigenvalue weighted by Crippen LogP contribution is 2.16. The molecule has 0 aliphatic rings. The molecule has 2 N–H and O–H groups in total. The van der Waals surface area contributed by atoms with Gasteiger partial charge in [-0.1, -0.05) is 24.3 Å². The minimum Gasteiger partial charge on any atom is -0.494 e. The molecule has 146 valence electrons. The second kappa shape index (κ2) is 10.2. The van der Waals surface area contributed by atoms with Crippen molar-refractivity contribution in [1.29, 1.82) is 0 Å². The van der Waals surface area contributed by atoms with Crippen molar-refractivity contribution in [1.82, 2.24) is 4.98 Å². The number of hydrogen-bond donors (Lipinski definition) is 2. The predicted octanol–water partition coefficient (Wildman–Crippen LogP) is 5.10. The number of nitrogens with zero attached hydrogens (tertiary/aromatic N) is 1. The van der Waals surface area contributed by atoms with Gasteiger partial charge in [0.2, 0.25) is 0 Å². The molecule has 0 amide bonds. The third-order valence-corrected chi connectivity index (χ3v) is 4.20. The summed E-state index contributed by atoms with van der Waals surface area (Å²) in [4.78, 5) is 4.47. The van der Waals surface area contributed by atoms with Gasteiger partial charge in [0, 0.05) is 13.1 Å². The molecule has 1 aromatic heterocycles. The van der Waals surface area contributed by atoms with E-state index in [0.717, 1.165) is 36.1 Å². The van der Waals surface area contributed by atoms with E-state index in [1.807, 2.05) is 56.4 Å². The van der Waals surface area contributed by atoms with Gasteiger partial charge in [0.1, 0.15) is 17.3 Å². The highest BCUT2D eigenvalue weighted by Gasteiger charge is 1.99. The Kier molecular flexibility index (Phi) is 7.13. The van der Waals surface area contributed by atoms with Crippen LogP contribution in [0.1, 0.15) is 25.0 Å². The Balaban J connectivity index is 1.46. The van der Waals surface area contributed by atoms with Gasteiger partial charge in [-0.05, 0) is 61.4 Å². The summed E-state index contributed by atoms with van der Waals surface area (Å²) in [5.41, 5.74) is 3.37. The fourth-order valence-corrected chi connectivity index (χ4v) is 2.74. The van der Waals surface area contributed by atoms with Crippen molar-refractivity contribution >= 4 is 11.5 Å². The van der Waals surface area contributed by atoms with Gasteiger partial charge in [-0.3, -0.25) is 0 Å². The average molecular weight is 377 g/mol. The molecular formula is C23H27N3O2. The van der Waals surface area contributed by atoms with E-state index in [9.17, 15) is 0 Å². The molecular weight excluding hydrogens is 350 g/mol. The van der Waals surface area contributed by atoms with E-state index in [-0.39, 0.29) is 0 Å². The topological polar surface area (TPSA) is 55.4 Å². The first-order valence-electron chi connectivity index (χ1n) is 9.64. The van der Waals surface area contributed by atoms with Crippen molar-refractivity contribution in [2.24, 2.45) is 0 Å². The summed E-state index contributed by atoms with van der Waals surface area (Å²) in [5.74, 6) is 2.64. The van der Waals surface area contributed by atoms with Crippen molar-refractivity contribution < 1.29 is 9.47 Å². The summed E-state index contributed by atoms with van der Waals surface area (Å²) < 4.78 is 10.9. The lowest BCUT2D eigenvalue weighted by molar-refractivity contribution is 0.340. The van der Waals surface area contributed by atoms with Crippen LogP contribution in [0.2, 0.25) is 0 Å². The van der Waals surface area contributed by atoms with E-state index in [1.54, 1.807) is 0 Å². The van der Waals surface area contributed by atoms with Gasteiger partial charge in [0.05, 0.1) is 25.1 Å². The minimum atomic E-state index is 0.681. The second-order valence-electron chi connectivity index (χ2n) is 6.29. The Hall–Kier alpha value is -3.21.